The number of nitro groups is 1. The minimum atomic E-state index is -1.47. The fourth-order valence-corrected chi connectivity index (χ4v) is 3.10. The van der Waals surface area contributed by atoms with Crippen LogP contribution in [-0.4, -0.2) is 32.9 Å². The van der Waals surface area contributed by atoms with Crippen molar-refractivity contribution in [3.8, 4) is 0 Å². The van der Waals surface area contributed by atoms with Gasteiger partial charge in [-0.1, -0.05) is 6.07 Å². The number of aromatic carboxylic acids is 2. The molecule has 0 aliphatic rings. The molecule has 0 aromatic heterocycles. The molecule has 0 saturated carbocycles. The van der Waals surface area contributed by atoms with Crippen LogP contribution in [0.1, 0.15) is 58.9 Å². The molecule has 0 amide bonds. The van der Waals surface area contributed by atoms with Gasteiger partial charge in [0.2, 0.25) is 0 Å². The number of rotatable bonds is 5. The number of hydrogen-bond donors (Lipinski definition) is 2. The fraction of sp³-hybridized carbons (Fsp3) is 0.211. The van der Waals surface area contributed by atoms with Crippen LogP contribution in [0.3, 0.4) is 0 Å². The molecule has 0 saturated heterocycles. The van der Waals surface area contributed by atoms with Gasteiger partial charge in [0.25, 0.3) is 5.69 Å². The van der Waals surface area contributed by atoms with E-state index < -0.39 is 33.8 Å². The van der Waals surface area contributed by atoms with Gasteiger partial charge in [-0.05, 0) is 51.0 Å². The number of carboxylic acids is 2. The van der Waals surface area contributed by atoms with Crippen molar-refractivity contribution in [3.05, 3.63) is 72.8 Å². The molecule has 0 radical (unpaired) electrons. The third kappa shape index (κ3) is 3.29. The average molecular weight is 371 g/mol. The van der Waals surface area contributed by atoms with Crippen LogP contribution in [0.4, 0.5) is 5.69 Å². The van der Waals surface area contributed by atoms with E-state index in [2.05, 4.69) is 0 Å². The van der Waals surface area contributed by atoms with E-state index in [4.69, 9.17) is 5.11 Å². The molecular weight excluding hydrogens is 354 g/mol. The van der Waals surface area contributed by atoms with Crippen molar-refractivity contribution in [2.24, 2.45) is 0 Å². The molecule has 0 atom stereocenters. The van der Waals surface area contributed by atoms with E-state index in [0.717, 1.165) is 12.1 Å². The first kappa shape index (κ1) is 19.8. The highest BCUT2D eigenvalue weighted by Gasteiger charge is 2.27. The summed E-state index contributed by atoms with van der Waals surface area (Å²) in [6.07, 6.45) is 0. The number of nitrogens with zero attached hydrogens (tertiary/aromatic N) is 1. The van der Waals surface area contributed by atoms with Crippen molar-refractivity contribution < 1.29 is 29.5 Å². The predicted octanol–water partition coefficient (Wildman–Crippen LogP) is 3.46. The summed E-state index contributed by atoms with van der Waals surface area (Å²) in [6.45, 7) is 6.28. The monoisotopic (exact) mass is 371 g/mol. The van der Waals surface area contributed by atoms with Crippen molar-refractivity contribution in [3.63, 3.8) is 0 Å². The molecular formula is C19H17NO7. The highest BCUT2D eigenvalue weighted by Crippen LogP contribution is 2.33. The molecule has 2 rings (SSSR count). The van der Waals surface area contributed by atoms with Crippen molar-refractivity contribution in [2.75, 3.05) is 0 Å². The van der Waals surface area contributed by atoms with E-state index in [1.165, 1.54) is 6.07 Å². The number of ketones is 1. The van der Waals surface area contributed by atoms with Crippen LogP contribution in [0.25, 0.3) is 0 Å². The summed E-state index contributed by atoms with van der Waals surface area (Å²) in [5, 5.41) is 29.6. The van der Waals surface area contributed by atoms with E-state index in [-0.39, 0.29) is 16.8 Å². The second kappa shape index (κ2) is 6.99. The third-order valence-corrected chi connectivity index (χ3v) is 4.74. The highest BCUT2D eigenvalue weighted by molar-refractivity contribution is 6.13. The van der Waals surface area contributed by atoms with E-state index in [1.54, 1.807) is 27.7 Å². The molecule has 140 valence electrons. The second-order valence-corrected chi connectivity index (χ2v) is 6.18. The lowest BCUT2D eigenvalue weighted by molar-refractivity contribution is -0.386. The number of hydrogen-bond acceptors (Lipinski definition) is 5. The fourth-order valence-electron chi connectivity index (χ4n) is 3.10. The number of benzene rings is 2. The summed E-state index contributed by atoms with van der Waals surface area (Å²) in [5.74, 6) is -3.40. The average Bonchev–Trinajstić information content (AvgIpc) is 2.59. The summed E-state index contributed by atoms with van der Waals surface area (Å²) in [4.78, 5) is 46.4. The largest absolute Gasteiger partial charge is 0.478 e. The van der Waals surface area contributed by atoms with Crippen LogP contribution in [0.5, 0.6) is 0 Å². The van der Waals surface area contributed by atoms with Gasteiger partial charge in [-0.15, -0.1) is 0 Å². The smallest absolute Gasteiger partial charge is 0.336 e. The molecule has 0 spiro atoms. The zero-order chi connectivity index (χ0) is 20.6. The SMILES string of the molecule is Cc1c(C)c([N+](=O)[O-])c(C)c(C)c1C(=O)c1ccc(C(=O)O)c(C(=O)O)c1. The predicted molar refractivity (Wildman–Crippen MR) is 95.8 cm³/mol. The zero-order valence-corrected chi connectivity index (χ0v) is 15.1. The summed E-state index contributed by atoms with van der Waals surface area (Å²) in [6, 6.07) is 3.32. The Morgan fingerprint density at radius 2 is 1.33 bits per heavy atom. The summed E-state index contributed by atoms with van der Waals surface area (Å²) < 4.78 is 0. The Balaban J connectivity index is 2.73. The number of nitro benzene ring substituents is 1. The van der Waals surface area contributed by atoms with Crippen molar-refractivity contribution in [2.45, 2.75) is 27.7 Å². The Hall–Kier alpha value is -3.55. The van der Waals surface area contributed by atoms with Gasteiger partial charge in [0, 0.05) is 22.3 Å². The van der Waals surface area contributed by atoms with Gasteiger partial charge < -0.3 is 10.2 Å². The van der Waals surface area contributed by atoms with Gasteiger partial charge in [-0.2, -0.15) is 0 Å². The molecule has 0 fully saturated rings. The molecule has 0 unspecified atom stereocenters. The first-order valence-electron chi connectivity index (χ1n) is 7.89. The number of carbonyl (C=O) groups is 3. The minimum Gasteiger partial charge on any atom is -0.478 e. The molecule has 8 heteroatoms. The number of carbonyl (C=O) groups excluding carboxylic acids is 1. The van der Waals surface area contributed by atoms with E-state index >= 15 is 0 Å². The zero-order valence-electron chi connectivity index (χ0n) is 15.1. The lowest BCUT2D eigenvalue weighted by Gasteiger charge is -2.15. The maximum atomic E-state index is 13.0. The van der Waals surface area contributed by atoms with E-state index in [1.807, 2.05) is 0 Å². The summed E-state index contributed by atoms with van der Waals surface area (Å²) >= 11 is 0. The van der Waals surface area contributed by atoms with Crippen molar-refractivity contribution in [1.29, 1.82) is 0 Å². The second-order valence-electron chi connectivity index (χ2n) is 6.18. The van der Waals surface area contributed by atoms with Crippen molar-refractivity contribution >= 4 is 23.4 Å². The van der Waals surface area contributed by atoms with Crippen LogP contribution in [0, 0.1) is 37.8 Å². The molecule has 0 heterocycles. The lowest BCUT2D eigenvalue weighted by Crippen LogP contribution is -2.14. The molecule has 0 bridgehead atoms. The molecule has 2 aromatic rings. The van der Waals surface area contributed by atoms with E-state index in [0.29, 0.717) is 22.3 Å². The first-order valence-corrected chi connectivity index (χ1v) is 7.89. The summed E-state index contributed by atoms with van der Waals surface area (Å²) in [7, 11) is 0. The highest BCUT2D eigenvalue weighted by atomic mass is 16.6. The quantitative estimate of drug-likeness (QED) is 0.467. The Kier molecular flexibility index (Phi) is 5.12. The Bertz CT molecular complexity index is 992. The lowest BCUT2D eigenvalue weighted by atomic mass is 9.87. The summed E-state index contributed by atoms with van der Waals surface area (Å²) in [5.41, 5.74) is 0.810. The van der Waals surface area contributed by atoms with Gasteiger partial charge in [-0.3, -0.25) is 14.9 Å². The molecule has 0 aliphatic carbocycles. The molecule has 8 nitrogen and oxygen atoms in total. The van der Waals surface area contributed by atoms with Crippen molar-refractivity contribution in [1.82, 2.24) is 0 Å². The van der Waals surface area contributed by atoms with Gasteiger partial charge in [0.1, 0.15) is 0 Å². The van der Waals surface area contributed by atoms with Crippen LogP contribution >= 0.6 is 0 Å². The standard InChI is InChI=1S/C19H17NO7/c1-8-10(3)16(20(26)27)11(4)9(2)15(8)17(21)12-5-6-13(18(22)23)14(7-12)19(24)25/h5-7H,1-4H3,(H,22,23)(H,24,25). The van der Waals surface area contributed by atoms with Gasteiger partial charge in [0.15, 0.2) is 5.78 Å². The van der Waals surface area contributed by atoms with Crippen LogP contribution in [-0.2, 0) is 0 Å². The molecule has 2 aromatic carbocycles. The third-order valence-electron chi connectivity index (χ3n) is 4.74. The van der Waals surface area contributed by atoms with E-state index in [9.17, 15) is 29.6 Å². The minimum absolute atomic E-state index is 0.00347. The normalized spacial score (nSPS) is 10.5. The van der Waals surface area contributed by atoms with Crippen LogP contribution < -0.4 is 0 Å². The number of carboxylic acid groups (broad SMARTS) is 2. The maximum Gasteiger partial charge on any atom is 0.336 e. The maximum absolute atomic E-state index is 13.0. The molecule has 0 aliphatic heterocycles. The molecule has 2 N–H and O–H groups in total. The Morgan fingerprint density at radius 1 is 0.852 bits per heavy atom. The van der Waals surface area contributed by atoms with Gasteiger partial charge >= 0.3 is 11.9 Å². The van der Waals surface area contributed by atoms with Crippen LogP contribution in [0.2, 0.25) is 0 Å². The Labute approximate surface area is 154 Å². The molecule has 27 heavy (non-hydrogen) atoms. The Morgan fingerprint density at radius 3 is 1.74 bits per heavy atom. The van der Waals surface area contributed by atoms with Crippen LogP contribution in [0.15, 0.2) is 18.2 Å². The van der Waals surface area contributed by atoms with Gasteiger partial charge in [-0.25, -0.2) is 9.59 Å². The van der Waals surface area contributed by atoms with Gasteiger partial charge in [0.05, 0.1) is 16.1 Å². The topological polar surface area (TPSA) is 135 Å². The first-order chi connectivity index (χ1) is 12.5.